The zero-order valence-electron chi connectivity index (χ0n) is 7.02. The van der Waals surface area contributed by atoms with Gasteiger partial charge in [-0.2, -0.15) is 5.26 Å². The molecule has 10 heavy (non-hydrogen) atoms. The predicted octanol–water partition coefficient (Wildman–Crippen LogP) is 1.53. The molecule has 0 aliphatic carbocycles. The van der Waals surface area contributed by atoms with Crippen molar-refractivity contribution in [3.8, 4) is 6.07 Å². The summed E-state index contributed by atoms with van der Waals surface area (Å²) in [5, 5.41) is 11.4. The van der Waals surface area contributed by atoms with Crippen LogP contribution in [0.4, 0.5) is 0 Å². The fourth-order valence-electron chi connectivity index (χ4n) is 0.761. The topological polar surface area (TPSA) is 35.8 Å². The third kappa shape index (κ3) is 3.47. The van der Waals surface area contributed by atoms with Gasteiger partial charge in [0.2, 0.25) is 0 Å². The molecule has 0 aromatic heterocycles. The van der Waals surface area contributed by atoms with Crippen molar-refractivity contribution in [3.05, 3.63) is 0 Å². The van der Waals surface area contributed by atoms with Crippen LogP contribution in [0.3, 0.4) is 0 Å². The number of hydrogen-bond acceptors (Lipinski definition) is 2. The number of nitrogens with one attached hydrogen (secondary N) is 1. The summed E-state index contributed by atoms with van der Waals surface area (Å²) in [5.41, 5.74) is 0. The van der Waals surface area contributed by atoms with Crippen molar-refractivity contribution < 1.29 is 0 Å². The van der Waals surface area contributed by atoms with Crippen LogP contribution in [0.5, 0.6) is 0 Å². The predicted molar refractivity (Wildman–Crippen MR) is 42.5 cm³/mol. The standard InChI is InChI=1S/C8H16N2/c1-4-7(2)8(3)10-6-5-9/h7-8,10H,4,6H2,1-3H3. The minimum atomic E-state index is 0.463. The number of nitriles is 1. The molecule has 0 amide bonds. The summed E-state index contributed by atoms with van der Waals surface area (Å²) in [6, 6.07) is 2.53. The molecule has 0 aromatic rings. The second kappa shape index (κ2) is 5.25. The third-order valence-corrected chi connectivity index (χ3v) is 2.00. The van der Waals surface area contributed by atoms with E-state index in [2.05, 4.69) is 32.2 Å². The minimum absolute atomic E-state index is 0.463. The molecule has 58 valence electrons. The molecular formula is C8H16N2. The van der Waals surface area contributed by atoms with Crippen LogP contribution < -0.4 is 5.32 Å². The lowest BCUT2D eigenvalue weighted by molar-refractivity contribution is 0.405. The Balaban J connectivity index is 3.43. The molecule has 2 nitrogen and oxygen atoms in total. The van der Waals surface area contributed by atoms with Gasteiger partial charge in [-0.15, -0.1) is 0 Å². The fraction of sp³-hybridized carbons (Fsp3) is 0.875. The number of rotatable bonds is 4. The molecule has 0 fully saturated rings. The van der Waals surface area contributed by atoms with E-state index in [0.717, 1.165) is 0 Å². The molecule has 0 aliphatic heterocycles. The Morgan fingerprint density at radius 3 is 2.50 bits per heavy atom. The van der Waals surface area contributed by atoms with E-state index in [4.69, 9.17) is 5.26 Å². The summed E-state index contributed by atoms with van der Waals surface area (Å²) in [4.78, 5) is 0. The van der Waals surface area contributed by atoms with Gasteiger partial charge in [-0.1, -0.05) is 20.3 Å². The zero-order chi connectivity index (χ0) is 7.98. The largest absolute Gasteiger partial charge is 0.302 e. The summed E-state index contributed by atoms with van der Waals surface area (Å²) >= 11 is 0. The lowest BCUT2D eigenvalue weighted by Crippen LogP contribution is -2.31. The summed E-state index contributed by atoms with van der Waals surface area (Å²) < 4.78 is 0. The first-order chi connectivity index (χ1) is 4.72. The maximum Gasteiger partial charge on any atom is 0.0843 e. The van der Waals surface area contributed by atoms with Crippen LogP contribution in [0.2, 0.25) is 0 Å². The van der Waals surface area contributed by atoms with Crippen molar-refractivity contribution in [1.82, 2.24) is 5.32 Å². The van der Waals surface area contributed by atoms with Crippen molar-refractivity contribution >= 4 is 0 Å². The molecule has 2 unspecified atom stereocenters. The Hall–Kier alpha value is -0.550. The molecule has 0 heterocycles. The maximum absolute atomic E-state index is 8.26. The Morgan fingerprint density at radius 1 is 1.50 bits per heavy atom. The van der Waals surface area contributed by atoms with Gasteiger partial charge in [0.1, 0.15) is 0 Å². The minimum Gasteiger partial charge on any atom is -0.302 e. The molecule has 0 saturated carbocycles. The fourth-order valence-corrected chi connectivity index (χ4v) is 0.761. The first kappa shape index (κ1) is 9.45. The van der Waals surface area contributed by atoms with E-state index < -0.39 is 0 Å². The smallest absolute Gasteiger partial charge is 0.0843 e. The van der Waals surface area contributed by atoms with Gasteiger partial charge in [0.15, 0.2) is 0 Å². The van der Waals surface area contributed by atoms with Crippen LogP contribution in [-0.2, 0) is 0 Å². The second-order valence-corrected chi connectivity index (χ2v) is 2.71. The molecule has 0 rings (SSSR count). The van der Waals surface area contributed by atoms with Gasteiger partial charge >= 0.3 is 0 Å². The van der Waals surface area contributed by atoms with E-state index in [1.54, 1.807) is 0 Å². The van der Waals surface area contributed by atoms with Crippen molar-refractivity contribution in [2.75, 3.05) is 6.54 Å². The lowest BCUT2D eigenvalue weighted by atomic mass is 10.0. The summed E-state index contributed by atoms with van der Waals surface area (Å²) in [7, 11) is 0. The molecule has 1 N–H and O–H groups in total. The highest BCUT2D eigenvalue weighted by molar-refractivity contribution is 4.77. The van der Waals surface area contributed by atoms with Gasteiger partial charge in [-0.25, -0.2) is 0 Å². The SMILES string of the molecule is CCC(C)C(C)NCC#N. The van der Waals surface area contributed by atoms with E-state index in [-0.39, 0.29) is 0 Å². The lowest BCUT2D eigenvalue weighted by Gasteiger charge is -2.17. The van der Waals surface area contributed by atoms with Gasteiger partial charge in [-0.05, 0) is 12.8 Å². The average molecular weight is 140 g/mol. The Kier molecular flexibility index (Phi) is 4.96. The quantitative estimate of drug-likeness (QED) is 0.601. The average Bonchev–Trinajstić information content (AvgIpc) is 1.98. The monoisotopic (exact) mass is 140 g/mol. The zero-order valence-corrected chi connectivity index (χ0v) is 7.02. The molecule has 0 aromatic carbocycles. The van der Waals surface area contributed by atoms with Gasteiger partial charge in [-0.3, -0.25) is 0 Å². The highest BCUT2D eigenvalue weighted by Crippen LogP contribution is 2.05. The highest BCUT2D eigenvalue weighted by atomic mass is 14.9. The van der Waals surface area contributed by atoms with Crippen LogP contribution in [-0.4, -0.2) is 12.6 Å². The Bertz CT molecular complexity index is 115. The Labute approximate surface area is 63.2 Å². The summed E-state index contributed by atoms with van der Waals surface area (Å²) in [6.45, 7) is 6.93. The Morgan fingerprint density at radius 2 is 2.10 bits per heavy atom. The van der Waals surface area contributed by atoms with Gasteiger partial charge in [0.25, 0.3) is 0 Å². The molecule has 0 aliphatic rings. The normalized spacial score (nSPS) is 15.8. The number of nitrogens with zero attached hydrogens (tertiary/aromatic N) is 1. The number of hydrogen-bond donors (Lipinski definition) is 1. The highest BCUT2D eigenvalue weighted by Gasteiger charge is 2.07. The van der Waals surface area contributed by atoms with Crippen molar-refractivity contribution in [2.24, 2.45) is 5.92 Å². The molecule has 2 heteroatoms. The van der Waals surface area contributed by atoms with E-state index >= 15 is 0 Å². The molecule has 0 spiro atoms. The van der Waals surface area contributed by atoms with Crippen molar-refractivity contribution in [1.29, 1.82) is 5.26 Å². The molecule has 0 bridgehead atoms. The second-order valence-electron chi connectivity index (χ2n) is 2.71. The van der Waals surface area contributed by atoms with Gasteiger partial charge < -0.3 is 5.32 Å². The van der Waals surface area contributed by atoms with Gasteiger partial charge in [0.05, 0.1) is 12.6 Å². The summed E-state index contributed by atoms with van der Waals surface area (Å²) in [6.07, 6.45) is 1.17. The first-order valence-electron chi connectivity index (χ1n) is 3.82. The van der Waals surface area contributed by atoms with Crippen LogP contribution >= 0.6 is 0 Å². The van der Waals surface area contributed by atoms with E-state index in [1.165, 1.54) is 6.42 Å². The van der Waals surface area contributed by atoms with E-state index in [9.17, 15) is 0 Å². The molecule has 0 radical (unpaired) electrons. The molecular weight excluding hydrogens is 124 g/mol. The van der Waals surface area contributed by atoms with Gasteiger partial charge in [0, 0.05) is 6.04 Å². The van der Waals surface area contributed by atoms with E-state index in [1.807, 2.05) is 0 Å². The maximum atomic E-state index is 8.26. The van der Waals surface area contributed by atoms with Crippen LogP contribution in [0, 0.1) is 17.2 Å². The van der Waals surface area contributed by atoms with Crippen LogP contribution in [0.15, 0.2) is 0 Å². The van der Waals surface area contributed by atoms with E-state index in [0.29, 0.717) is 18.5 Å². The van der Waals surface area contributed by atoms with Crippen molar-refractivity contribution in [3.63, 3.8) is 0 Å². The van der Waals surface area contributed by atoms with Crippen molar-refractivity contribution in [2.45, 2.75) is 33.2 Å². The molecule has 2 atom stereocenters. The summed E-state index contributed by atoms with van der Waals surface area (Å²) in [5.74, 6) is 0.661. The van der Waals surface area contributed by atoms with Crippen LogP contribution in [0.1, 0.15) is 27.2 Å². The third-order valence-electron chi connectivity index (χ3n) is 2.00. The molecule has 0 saturated heterocycles. The first-order valence-corrected chi connectivity index (χ1v) is 3.82. The van der Waals surface area contributed by atoms with Crippen LogP contribution in [0.25, 0.3) is 0 Å².